The van der Waals surface area contributed by atoms with E-state index in [4.69, 9.17) is 16.7 Å². The third kappa shape index (κ3) is 3.02. The van der Waals surface area contributed by atoms with Gasteiger partial charge in [-0.3, -0.25) is 0 Å². The van der Waals surface area contributed by atoms with Gasteiger partial charge in [0.1, 0.15) is 11.0 Å². The number of aromatic carboxylic acids is 1. The zero-order valence-electron chi connectivity index (χ0n) is 11.6. The summed E-state index contributed by atoms with van der Waals surface area (Å²) < 4.78 is 0. The first-order valence-corrected chi connectivity index (χ1v) is 7.13. The van der Waals surface area contributed by atoms with Crippen LogP contribution in [0.2, 0.25) is 5.15 Å². The van der Waals surface area contributed by atoms with E-state index in [0.29, 0.717) is 17.5 Å². The molecule has 0 fully saturated rings. The molecule has 3 rings (SSSR count). The molecule has 3 aromatic rings. The summed E-state index contributed by atoms with van der Waals surface area (Å²) in [5.74, 6) is -0.215. The Labute approximate surface area is 132 Å². The number of anilines is 1. The molecule has 110 valence electrons. The Morgan fingerprint density at radius 1 is 1.14 bits per heavy atom. The van der Waals surface area contributed by atoms with Gasteiger partial charge in [-0.25, -0.2) is 9.78 Å². The third-order valence-corrected chi connectivity index (χ3v) is 3.56. The van der Waals surface area contributed by atoms with Crippen LogP contribution in [0.5, 0.6) is 0 Å². The van der Waals surface area contributed by atoms with Crippen LogP contribution in [0.3, 0.4) is 0 Å². The second-order valence-corrected chi connectivity index (χ2v) is 5.26. The van der Waals surface area contributed by atoms with E-state index in [1.54, 1.807) is 24.3 Å². The van der Waals surface area contributed by atoms with Gasteiger partial charge in [0.15, 0.2) is 0 Å². The maximum absolute atomic E-state index is 10.8. The number of rotatable bonds is 4. The number of fused-ring (bicyclic) bond motifs is 1. The number of nitrogens with one attached hydrogen (secondary N) is 1. The van der Waals surface area contributed by atoms with E-state index in [1.807, 2.05) is 30.3 Å². The highest BCUT2D eigenvalue weighted by Crippen LogP contribution is 2.25. The van der Waals surface area contributed by atoms with E-state index in [1.165, 1.54) is 0 Å². The van der Waals surface area contributed by atoms with Crippen molar-refractivity contribution in [3.63, 3.8) is 0 Å². The van der Waals surface area contributed by atoms with Crippen molar-refractivity contribution in [2.75, 3.05) is 5.32 Å². The molecule has 0 radical (unpaired) electrons. The van der Waals surface area contributed by atoms with Gasteiger partial charge in [-0.15, -0.1) is 0 Å². The number of pyridine rings is 1. The molecular formula is C17H13ClN2O2. The van der Waals surface area contributed by atoms with Gasteiger partial charge in [-0.2, -0.15) is 0 Å². The lowest BCUT2D eigenvalue weighted by Gasteiger charge is -2.10. The number of nitrogens with zero attached hydrogens (tertiary/aromatic N) is 1. The largest absolute Gasteiger partial charge is 0.478 e. The summed E-state index contributed by atoms with van der Waals surface area (Å²) in [6, 6.07) is 16.4. The van der Waals surface area contributed by atoms with Gasteiger partial charge >= 0.3 is 5.97 Å². The van der Waals surface area contributed by atoms with Crippen LogP contribution in [-0.2, 0) is 6.54 Å². The number of hydrogen-bond donors (Lipinski definition) is 2. The van der Waals surface area contributed by atoms with Gasteiger partial charge < -0.3 is 10.4 Å². The van der Waals surface area contributed by atoms with Gasteiger partial charge in [0.25, 0.3) is 0 Å². The Morgan fingerprint density at radius 2 is 1.86 bits per heavy atom. The van der Waals surface area contributed by atoms with Crippen molar-refractivity contribution in [3.05, 3.63) is 70.9 Å². The van der Waals surface area contributed by atoms with E-state index in [0.717, 1.165) is 16.3 Å². The van der Waals surface area contributed by atoms with E-state index in [2.05, 4.69) is 10.3 Å². The number of carboxylic acids is 1. The lowest BCUT2D eigenvalue weighted by Crippen LogP contribution is -2.03. The van der Waals surface area contributed by atoms with Crippen molar-refractivity contribution in [2.24, 2.45) is 0 Å². The standard InChI is InChI=1S/C17H13ClN2O2/c18-15-9-13-3-1-2-4-14(13)16(20-15)19-10-11-5-7-12(8-6-11)17(21)22/h1-9H,10H2,(H,19,20)(H,21,22). The quantitative estimate of drug-likeness (QED) is 0.709. The fourth-order valence-electron chi connectivity index (χ4n) is 2.25. The average molecular weight is 313 g/mol. The molecule has 2 aromatic carbocycles. The Kier molecular flexibility index (Phi) is 3.94. The normalized spacial score (nSPS) is 10.6. The Morgan fingerprint density at radius 3 is 2.59 bits per heavy atom. The van der Waals surface area contributed by atoms with E-state index >= 15 is 0 Å². The minimum absolute atomic E-state index is 0.273. The summed E-state index contributed by atoms with van der Waals surface area (Å²) in [7, 11) is 0. The van der Waals surface area contributed by atoms with Crippen molar-refractivity contribution < 1.29 is 9.90 Å². The molecule has 1 heterocycles. The molecule has 2 N–H and O–H groups in total. The molecule has 0 amide bonds. The average Bonchev–Trinajstić information content (AvgIpc) is 2.52. The van der Waals surface area contributed by atoms with E-state index in [-0.39, 0.29) is 5.56 Å². The monoisotopic (exact) mass is 312 g/mol. The van der Waals surface area contributed by atoms with Crippen molar-refractivity contribution in [1.29, 1.82) is 0 Å². The zero-order valence-corrected chi connectivity index (χ0v) is 12.3. The van der Waals surface area contributed by atoms with Crippen LogP contribution in [0.4, 0.5) is 5.82 Å². The van der Waals surface area contributed by atoms with Crippen LogP contribution in [0.15, 0.2) is 54.6 Å². The minimum Gasteiger partial charge on any atom is -0.478 e. The summed E-state index contributed by atoms with van der Waals surface area (Å²) >= 11 is 6.04. The number of benzene rings is 2. The van der Waals surface area contributed by atoms with Gasteiger partial charge in [0, 0.05) is 11.9 Å². The summed E-state index contributed by atoms with van der Waals surface area (Å²) in [6.45, 7) is 0.539. The lowest BCUT2D eigenvalue weighted by molar-refractivity contribution is 0.0697. The second kappa shape index (κ2) is 6.03. The molecule has 0 aliphatic rings. The molecular weight excluding hydrogens is 300 g/mol. The molecule has 0 bridgehead atoms. The van der Waals surface area contributed by atoms with E-state index < -0.39 is 5.97 Å². The van der Waals surface area contributed by atoms with Crippen LogP contribution in [0, 0.1) is 0 Å². The first kappa shape index (κ1) is 14.4. The number of carbonyl (C=O) groups is 1. The first-order valence-electron chi connectivity index (χ1n) is 6.75. The van der Waals surface area contributed by atoms with Gasteiger partial charge in [-0.1, -0.05) is 48.0 Å². The van der Waals surface area contributed by atoms with E-state index in [9.17, 15) is 4.79 Å². The highest BCUT2D eigenvalue weighted by atomic mass is 35.5. The highest BCUT2D eigenvalue weighted by Gasteiger charge is 2.05. The maximum atomic E-state index is 10.8. The van der Waals surface area contributed by atoms with Crippen molar-refractivity contribution in [2.45, 2.75) is 6.54 Å². The van der Waals surface area contributed by atoms with Crippen LogP contribution in [-0.4, -0.2) is 16.1 Å². The fourth-order valence-corrected chi connectivity index (χ4v) is 2.45. The molecule has 22 heavy (non-hydrogen) atoms. The number of hydrogen-bond acceptors (Lipinski definition) is 3. The Bertz CT molecular complexity index is 832. The molecule has 0 spiro atoms. The minimum atomic E-state index is -0.929. The van der Waals surface area contributed by atoms with Crippen molar-refractivity contribution in [1.82, 2.24) is 4.98 Å². The maximum Gasteiger partial charge on any atom is 0.335 e. The summed E-state index contributed by atoms with van der Waals surface area (Å²) in [4.78, 5) is 15.2. The van der Waals surface area contributed by atoms with Crippen LogP contribution in [0.1, 0.15) is 15.9 Å². The van der Waals surface area contributed by atoms with Gasteiger partial charge in [0.05, 0.1) is 5.56 Å². The van der Waals surface area contributed by atoms with Gasteiger partial charge in [-0.05, 0) is 29.1 Å². The molecule has 0 aliphatic carbocycles. The molecule has 1 aromatic heterocycles. The third-order valence-electron chi connectivity index (χ3n) is 3.37. The molecule has 0 unspecified atom stereocenters. The predicted molar refractivity (Wildman–Crippen MR) is 87.5 cm³/mol. The first-order chi connectivity index (χ1) is 10.6. The zero-order chi connectivity index (χ0) is 15.5. The van der Waals surface area contributed by atoms with Crippen LogP contribution < -0.4 is 5.32 Å². The lowest BCUT2D eigenvalue weighted by atomic mass is 10.1. The van der Waals surface area contributed by atoms with Crippen molar-refractivity contribution in [3.8, 4) is 0 Å². The van der Waals surface area contributed by atoms with Crippen molar-refractivity contribution >= 4 is 34.2 Å². The Balaban J connectivity index is 1.83. The van der Waals surface area contributed by atoms with Crippen LogP contribution >= 0.6 is 11.6 Å². The molecule has 0 saturated carbocycles. The second-order valence-electron chi connectivity index (χ2n) is 4.87. The van der Waals surface area contributed by atoms with Crippen LogP contribution in [0.25, 0.3) is 10.8 Å². The number of aromatic nitrogens is 1. The number of carboxylic acid groups (broad SMARTS) is 1. The fraction of sp³-hybridized carbons (Fsp3) is 0.0588. The summed E-state index contributed by atoms with van der Waals surface area (Å²) in [5.41, 5.74) is 1.24. The smallest absolute Gasteiger partial charge is 0.335 e. The molecule has 5 heteroatoms. The highest BCUT2D eigenvalue weighted by molar-refractivity contribution is 6.30. The molecule has 0 saturated heterocycles. The van der Waals surface area contributed by atoms with Gasteiger partial charge in [0.2, 0.25) is 0 Å². The topological polar surface area (TPSA) is 62.2 Å². The number of halogens is 1. The molecule has 4 nitrogen and oxygen atoms in total. The Hall–Kier alpha value is -2.59. The molecule has 0 aliphatic heterocycles. The SMILES string of the molecule is O=C(O)c1ccc(CNc2nc(Cl)cc3ccccc23)cc1. The molecule has 0 atom stereocenters. The summed E-state index contributed by atoms with van der Waals surface area (Å²) in [5, 5.41) is 14.6. The summed E-state index contributed by atoms with van der Waals surface area (Å²) in [6.07, 6.45) is 0. The predicted octanol–water partition coefficient (Wildman–Crippen LogP) is 4.20.